The predicted molar refractivity (Wildman–Crippen MR) is 96.7 cm³/mol. The van der Waals surface area contributed by atoms with E-state index in [0.717, 1.165) is 12.8 Å². The molecule has 1 heterocycles. The van der Waals surface area contributed by atoms with Crippen LogP contribution in [0.5, 0.6) is 0 Å². The molecule has 0 N–H and O–H groups in total. The Hall–Kier alpha value is -2.12. The lowest BCUT2D eigenvalue weighted by molar-refractivity contribution is 0.0512. The summed E-state index contributed by atoms with van der Waals surface area (Å²) in [5, 5.41) is 3.82. The maximum atomic E-state index is 13.3. The molecule has 2 aromatic rings. The van der Waals surface area contributed by atoms with E-state index in [2.05, 4.69) is 5.16 Å². The zero-order valence-electron chi connectivity index (χ0n) is 14.8. The van der Waals surface area contributed by atoms with Crippen molar-refractivity contribution in [3.05, 3.63) is 52.4 Å². The lowest BCUT2D eigenvalue weighted by atomic mass is 9.96. The van der Waals surface area contributed by atoms with Crippen molar-refractivity contribution in [1.82, 2.24) is 5.16 Å². The van der Waals surface area contributed by atoms with E-state index in [1.807, 2.05) is 6.92 Å². The highest BCUT2D eigenvalue weighted by Gasteiger charge is 2.38. The molecule has 1 aliphatic rings. The second kappa shape index (κ2) is 8.05. The molecule has 1 aromatic carbocycles. The highest BCUT2D eigenvalue weighted by molar-refractivity contribution is 7.90. The van der Waals surface area contributed by atoms with Crippen LogP contribution in [-0.4, -0.2) is 33.8 Å². The third kappa shape index (κ3) is 3.83. The zero-order valence-corrected chi connectivity index (χ0v) is 15.6. The van der Waals surface area contributed by atoms with Gasteiger partial charge in [-0.15, -0.1) is 0 Å². The molecule has 0 saturated heterocycles. The van der Waals surface area contributed by atoms with Crippen LogP contribution in [0, 0.1) is 0 Å². The number of carbonyl (C=O) groups is 2. The first-order valence-corrected chi connectivity index (χ1v) is 10.2. The van der Waals surface area contributed by atoms with Crippen molar-refractivity contribution >= 4 is 22.9 Å². The second-order valence-electron chi connectivity index (χ2n) is 6.12. The van der Waals surface area contributed by atoms with Gasteiger partial charge in [0, 0.05) is 17.0 Å². The highest BCUT2D eigenvalue weighted by Crippen LogP contribution is 2.43. The largest absolute Gasteiger partial charge is 0.616 e. The normalized spacial score (nSPS) is 14.9. The van der Waals surface area contributed by atoms with Crippen LogP contribution >= 0.6 is 0 Å². The monoisotopic (exact) mass is 375 g/mol. The fourth-order valence-electron chi connectivity index (χ4n) is 2.76. The summed E-state index contributed by atoms with van der Waals surface area (Å²) < 4.78 is 22.3. The van der Waals surface area contributed by atoms with E-state index in [9.17, 15) is 14.1 Å². The van der Waals surface area contributed by atoms with E-state index < -0.39 is 17.1 Å². The third-order valence-corrected chi connectivity index (χ3v) is 5.54. The van der Waals surface area contributed by atoms with E-state index in [1.165, 1.54) is 0 Å². The molecule has 1 saturated carbocycles. The van der Waals surface area contributed by atoms with Crippen LogP contribution in [0.2, 0.25) is 0 Å². The average Bonchev–Trinajstić information content (AvgIpc) is 3.39. The SMILES string of the molecule is CCOC(=O)c1noc(C2CC2)c1C(=O)c1ccccc1C[S+]([O-])CC. The zero-order chi connectivity index (χ0) is 18.7. The van der Waals surface area contributed by atoms with Gasteiger partial charge in [-0.1, -0.05) is 29.4 Å². The molecule has 6 nitrogen and oxygen atoms in total. The van der Waals surface area contributed by atoms with Gasteiger partial charge in [-0.05, 0) is 37.9 Å². The predicted octanol–water partition coefficient (Wildman–Crippen LogP) is 3.23. The maximum absolute atomic E-state index is 13.3. The Bertz CT molecular complexity index is 812. The minimum absolute atomic E-state index is 0.0785. The number of aromatic nitrogens is 1. The Kier molecular flexibility index (Phi) is 5.78. The second-order valence-corrected chi connectivity index (χ2v) is 7.87. The van der Waals surface area contributed by atoms with Crippen LogP contribution in [0.1, 0.15) is 70.3 Å². The van der Waals surface area contributed by atoms with Crippen molar-refractivity contribution in [3.8, 4) is 0 Å². The number of rotatable bonds is 8. The van der Waals surface area contributed by atoms with Gasteiger partial charge in [0.15, 0.2) is 11.5 Å². The number of benzene rings is 1. The molecular weight excluding hydrogens is 354 g/mol. The molecule has 0 amide bonds. The molecule has 7 heteroatoms. The quantitative estimate of drug-likeness (QED) is 0.399. The topological polar surface area (TPSA) is 92.5 Å². The summed E-state index contributed by atoms with van der Waals surface area (Å²) in [6.07, 6.45) is 1.80. The van der Waals surface area contributed by atoms with Gasteiger partial charge < -0.3 is 13.8 Å². The standard InChI is InChI=1S/C19H21NO5S/c1-3-24-19(22)16-15(18(25-20-16)12-9-10-12)17(21)14-8-6-5-7-13(14)11-26(23)4-2/h5-8,12H,3-4,9-11H2,1-2H3. The van der Waals surface area contributed by atoms with Gasteiger partial charge in [-0.2, -0.15) is 0 Å². The van der Waals surface area contributed by atoms with Gasteiger partial charge in [0.1, 0.15) is 17.1 Å². The van der Waals surface area contributed by atoms with E-state index in [1.54, 1.807) is 31.2 Å². The number of esters is 1. The van der Waals surface area contributed by atoms with Crippen molar-refractivity contribution in [2.75, 3.05) is 12.4 Å². The van der Waals surface area contributed by atoms with Gasteiger partial charge in [0.2, 0.25) is 5.69 Å². The minimum atomic E-state index is -1.05. The summed E-state index contributed by atoms with van der Waals surface area (Å²) in [7, 11) is 0. The molecule has 0 aliphatic heterocycles. The number of hydrogen-bond acceptors (Lipinski definition) is 6. The summed E-state index contributed by atoms with van der Waals surface area (Å²) in [6, 6.07) is 7.03. The molecule has 0 bridgehead atoms. The van der Waals surface area contributed by atoms with Crippen LogP contribution < -0.4 is 0 Å². The number of carbonyl (C=O) groups excluding carboxylic acids is 2. The Balaban J connectivity index is 2.02. The Morgan fingerprint density at radius 1 is 1.31 bits per heavy atom. The highest BCUT2D eigenvalue weighted by atomic mass is 32.2. The molecule has 0 radical (unpaired) electrons. The fourth-order valence-corrected chi connectivity index (χ4v) is 3.57. The van der Waals surface area contributed by atoms with Crippen molar-refractivity contribution < 1.29 is 23.4 Å². The molecule has 1 unspecified atom stereocenters. The molecule has 1 atom stereocenters. The van der Waals surface area contributed by atoms with Crippen LogP contribution in [0.25, 0.3) is 0 Å². The van der Waals surface area contributed by atoms with Crippen molar-refractivity contribution in [1.29, 1.82) is 0 Å². The van der Waals surface area contributed by atoms with Crippen molar-refractivity contribution in [2.24, 2.45) is 0 Å². The molecule has 26 heavy (non-hydrogen) atoms. The smallest absolute Gasteiger partial charge is 0.361 e. The first-order chi connectivity index (χ1) is 12.6. The van der Waals surface area contributed by atoms with Crippen molar-refractivity contribution in [3.63, 3.8) is 0 Å². The van der Waals surface area contributed by atoms with Crippen LogP contribution in [-0.2, 0) is 21.7 Å². The van der Waals surface area contributed by atoms with Crippen LogP contribution in [0.15, 0.2) is 28.8 Å². The third-order valence-electron chi connectivity index (χ3n) is 4.26. The van der Waals surface area contributed by atoms with E-state index in [0.29, 0.717) is 22.6 Å². The molecule has 1 fully saturated rings. The maximum Gasteiger partial charge on any atom is 0.361 e. The molecular formula is C19H21NO5S. The van der Waals surface area contributed by atoms with Gasteiger partial charge in [0.05, 0.1) is 6.61 Å². The number of nitrogens with zero attached hydrogens (tertiary/aromatic N) is 1. The van der Waals surface area contributed by atoms with Crippen LogP contribution in [0.4, 0.5) is 0 Å². The molecule has 0 spiro atoms. The molecule has 3 rings (SSSR count). The minimum Gasteiger partial charge on any atom is -0.616 e. The summed E-state index contributed by atoms with van der Waals surface area (Å²) in [6.45, 7) is 3.71. The summed E-state index contributed by atoms with van der Waals surface area (Å²) >= 11 is -1.05. The summed E-state index contributed by atoms with van der Waals surface area (Å²) in [4.78, 5) is 25.5. The molecule has 138 valence electrons. The van der Waals surface area contributed by atoms with E-state index >= 15 is 0 Å². The molecule has 1 aliphatic carbocycles. The van der Waals surface area contributed by atoms with Gasteiger partial charge >= 0.3 is 5.97 Å². The Morgan fingerprint density at radius 2 is 2.04 bits per heavy atom. The summed E-state index contributed by atoms with van der Waals surface area (Å²) in [5.74, 6) is 0.362. The van der Waals surface area contributed by atoms with Crippen molar-refractivity contribution in [2.45, 2.75) is 38.4 Å². The van der Waals surface area contributed by atoms with Gasteiger partial charge in [-0.25, -0.2) is 4.79 Å². The number of hydrogen-bond donors (Lipinski definition) is 0. The lowest BCUT2D eigenvalue weighted by Gasteiger charge is -2.12. The van der Waals surface area contributed by atoms with E-state index in [-0.39, 0.29) is 35.3 Å². The number of ketones is 1. The van der Waals surface area contributed by atoms with Gasteiger partial charge in [0.25, 0.3) is 0 Å². The van der Waals surface area contributed by atoms with Crippen LogP contribution in [0.3, 0.4) is 0 Å². The van der Waals surface area contributed by atoms with E-state index in [4.69, 9.17) is 9.26 Å². The Morgan fingerprint density at radius 3 is 2.69 bits per heavy atom. The fraction of sp³-hybridized carbons (Fsp3) is 0.421. The lowest BCUT2D eigenvalue weighted by Crippen LogP contribution is -2.16. The first-order valence-electron chi connectivity index (χ1n) is 8.71. The first kappa shape index (κ1) is 18.7. The summed E-state index contributed by atoms with van der Waals surface area (Å²) in [5.41, 5.74) is 1.21. The Labute approximate surface area is 155 Å². The van der Waals surface area contributed by atoms with Gasteiger partial charge in [-0.3, -0.25) is 4.79 Å². The molecule has 1 aromatic heterocycles. The average molecular weight is 375 g/mol. The number of ether oxygens (including phenoxy) is 1.